The van der Waals surface area contributed by atoms with Crippen molar-refractivity contribution in [3.05, 3.63) is 41.3 Å². The van der Waals surface area contributed by atoms with Gasteiger partial charge in [-0.05, 0) is 48.9 Å². The van der Waals surface area contributed by atoms with Crippen LogP contribution in [0.2, 0.25) is 0 Å². The molecule has 0 aliphatic carbocycles. The Bertz CT molecular complexity index is 1060. The number of nitrogens with one attached hydrogen (secondary N) is 2. The fourth-order valence-electron chi connectivity index (χ4n) is 3.46. The van der Waals surface area contributed by atoms with Crippen LogP contribution in [0.1, 0.15) is 43.0 Å². The molecule has 0 radical (unpaired) electrons. The van der Waals surface area contributed by atoms with Crippen LogP contribution in [0.15, 0.2) is 39.9 Å². The molecule has 1 atom stereocenters. The van der Waals surface area contributed by atoms with Crippen LogP contribution in [-0.2, 0) is 14.8 Å². The van der Waals surface area contributed by atoms with Crippen molar-refractivity contribution in [2.75, 3.05) is 26.8 Å². The zero-order valence-electron chi connectivity index (χ0n) is 18.7. The van der Waals surface area contributed by atoms with Crippen LogP contribution < -0.4 is 20.3 Å². The van der Waals surface area contributed by atoms with Gasteiger partial charge in [0, 0.05) is 18.7 Å². The molecule has 1 fully saturated rings. The van der Waals surface area contributed by atoms with Crippen LogP contribution in [0.4, 0.5) is 0 Å². The number of ether oxygens (including phenoxy) is 2. The summed E-state index contributed by atoms with van der Waals surface area (Å²) in [4.78, 5) is 25.2. The van der Waals surface area contributed by atoms with Crippen molar-refractivity contribution in [2.45, 2.75) is 36.8 Å². The fourth-order valence-corrected chi connectivity index (χ4v) is 6.13. The zero-order chi connectivity index (χ0) is 23.8. The van der Waals surface area contributed by atoms with E-state index in [0.29, 0.717) is 43.1 Å². The van der Waals surface area contributed by atoms with Crippen molar-refractivity contribution in [1.82, 2.24) is 15.2 Å². The number of carbonyl (C=O) groups is 2. The van der Waals surface area contributed by atoms with Gasteiger partial charge in [-0.1, -0.05) is 19.4 Å². The molecular formula is C22H29N3O6S2. The van der Waals surface area contributed by atoms with E-state index in [2.05, 4.69) is 17.8 Å². The molecule has 1 aromatic carbocycles. The summed E-state index contributed by atoms with van der Waals surface area (Å²) in [6, 6.07) is 8.01. The monoisotopic (exact) mass is 495 g/mol. The van der Waals surface area contributed by atoms with Gasteiger partial charge in [0.25, 0.3) is 15.9 Å². The van der Waals surface area contributed by atoms with Crippen LogP contribution in [0.25, 0.3) is 0 Å². The standard InChI is InChI=1S/C22H29N3O6S2/c1-3-4-12-31-18-10-9-16(14-19(18)30-2)21(26)23-24-22(27)17-7-5-11-25(15-17)33(28,29)20-8-6-13-32-20/h6,8-10,13-14,17H,3-5,7,11-12,15H2,1-2H3,(H,23,26)(H,24,27). The van der Waals surface area contributed by atoms with Gasteiger partial charge < -0.3 is 9.47 Å². The molecule has 0 bridgehead atoms. The Morgan fingerprint density at radius 2 is 2.03 bits per heavy atom. The Morgan fingerprint density at radius 1 is 1.21 bits per heavy atom. The van der Waals surface area contributed by atoms with Gasteiger partial charge in [-0.2, -0.15) is 4.31 Å². The topological polar surface area (TPSA) is 114 Å². The number of piperidine rings is 1. The average molecular weight is 496 g/mol. The molecule has 2 aromatic rings. The van der Waals surface area contributed by atoms with Crippen molar-refractivity contribution in [3.8, 4) is 11.5 Å². The lowest BCUT2D eigenvalue weighted by molar-refractivity contribution is -0.126. The van der Waals surface area contributed by atoms with Crippen LogP contribution in [0, 0.1) is 5.92 Å². The highest BCUT2D eigenvalue weighted by molar-refractivity contribution is 7.91. The summed E-state index contributed by atoms with van der Waals surface area (Å²) in [6.45, 7) is 3.05. The van der Waals surface area contributed by atoms with Gasteiger partial charge in [0.15, 0.2) is 11.5 Å². The lowest BCUT2D eigenvalue weighted by Gasteiger charge is -2.30. The second-order valence-corrected chi connectivity index (χ2v) is 10.8. The quantitative estimate of drug-likeness (QED) is 0.409. The summed E-state index contributed by atoms with van der Waals surface area (Å²) in [5.74, 6) is -0.535. The summed E-state index contributed by atoms with van der Waals surface area (Å²) in [7, 11) is -2.13. The van der Waals surface area contributed by atoms with E-state index in [-0.39, 0.29) is 10.8 Å². The number of nitrogens with zero attached hydrogens (tertiary/aromatic N) is 1. The van der Waals surface area contributed by atoms with E-state index in [0.717, 1.165) is 24.2 Å². The Labute approximate surface area is 198 Å². The third kappa shape index (κ3) is 6.24. The molecular weight excluding hydrogens is 466 g/mol. The number of rotatable bonds is 9. The number of hydrogen-bond acceptors (Lipinski definition) is 7. The summed E-state index contributed by atoms with van der Waals surface area (Å²) >= 11 is 1.15. The van der Waals surface area contributed by atoms with E-state index in [4.69, 9.17) is 9.47 Å². The van der Waals surface area contributed by atoms with Gasteiger partial charge in [0.1, 0.15) is 4.21 Å². The van der Waals surface area contributed by atoms with Crippen LogP contribution >= 0.6 is 11.3 Å². The minimum Gasteiger partial charge on any atom is -0.493 e. The van der Waals surface area contributed by atoms with Crippen molar-refractivity contribution in [2.24, 2.45) is 5.92 Å². The molecule has 180 valence electrons. The SMILES string of the molecule is CCCCOc1ccc(C(=O)NNC(=O)C2CCCN(S(=O)(=O)c3cccs3)C2)cc1OC. The number of benzene rings is 1. The molecule has 3 rings (SSSR count). The molecule has 0 spiro atoms. The smallest absolute Gasteiger partial charge is 0.269 e. The Morgan fingerprint density at radius 3 is 2.73 bits per heavy atom. The molecule has 1 saturated heterocycles. The van der Waals surface area contributed by atoms with E-state index in [1.54, 1.807) is 35.7 Å². The summed E-state index contributed by atoms with van der Waals surface area (Å²) in [5, 5.41) is 1.70. The second-order valence-electron chi connectivity index (χ2n) is 7.65. The summed E-state index contributed by atoms with van der Waals surface area (Å²) < 4.78 is 38.1. The normalized spacial score (nSPS) is 16.7. The summed E-state index contributed by atoms with van der Waals surface area (Å²) in [6.07, 6.45) is 3.01. The molecule has 2 heterocycles. The Hall–Kier alpha value is -2.63. The molecule has 1 aliphatic heterocycles. The Kier molecular flexibility index (Phi) is 8.70. The van der Waals surface area contributed by atoms with Crippen molar-refractivity contribution in [3.63, 3.8) is 0 Å². The number of thiophene rings is 1. The number of amides is 2. The largest absolute Gasteiger partial charge is 0.493 e. The lowest BCUT2D eigenvalue weighted by Crippen LogP contribution is -2.49. The minimum atomic E-state index is -3.62. The molecule has 9 nitrogen and oxygen atoms in total. The first-order chi connectivity index (χ1) is 15.9. The maximum atomic E-state index is 12.8. The first kappa shape index (κ1) is 25.0. The third-order valence-corrected chi connectivity index (χ3v) is 8.56. The first-order valence-electron chi connectivity index (χ1n) is 10.8. The number of carbonyl (C=O) groups excluding carboxylic acids is 2. The average Bonchev–Trinajstić information content (AvgIpc) is 3.38. The number of unbranched alkanes of at least 4 members (excludes halogenated alkanes) is 1. The minimum absolute atomic E-state index is 0.0690. The molecule has 1 unspecified atom stereocenters. The lowest BCUT2D eigenvalue weighted by atomic mass is 9.99. The van der Waals surface area contributed by atoms with E-state index in [9.17, 15) is 18.0 Å². The highest BCUT2D eigenvalue weighted by Crippen LogP contribution is 2.29. The third-order valence-electron chi connectivity index (χ3n) is 5.32. The van der Waals surface area contributed by atoms with E-state index in [1.807, 2.05) is 0 Å². The van der Waals surface area contributed by atoms with Crippen molar-refractivity contribution in [1.29, 1.82) is 0 Å². The molecule has 2 amide bonds. The molecule has 2 N–H and O–H groups in total. The van der Waals surface area contributed by atoms with Gasteiger partial charge in [-0.25, -0.2) is 8.42 Å². The molecule has 11 heteroatoms. The van der Waals surface area contributed by atoms with Crippen LogP contribution in [0.3, 0.4) is 0 Å². The Balaban J connectivity index is 1.57. The van der Waals surface area contributed by atoms with Gasteiger partial charge in [-0.3, -0.25) is 20.4 Å². The zero-order valence-corrected chi connectivity index (χ0v) is 20.3. The number of methoxy groups -OCH3 is 1. The number of sulfonamides is 1. The first-order valence-corrected chi connectivity index (χ1v) is 13.1. The highest BCUT2D eigenvalue weighted by Gasteiger charge is 2.34. The maximum absolute atomic E-state index is 12.8. The van der Waals surface area contributed by atoms with Crippen LogP contribution in [0.5, 0.6) is 11.5 Å². The van der Waals surface area contributed by atoms with Gasteiger partial charge in [-0.15, -0.1) is 11.3 Å². The molecule has 1 aromatic heterocycles. The molecule has 33 heavy (non-hydrogen) atoms. The van der Waals surface area contributed by atoms with E-state index in [1.165, 1.54) is 11.4 Å². The number of hydrazine groups is 1. The van der Waals surface area contributed by atoms with E-state index >= 15 is 0 Å². The fraction of sp³-hybridized carbons (Fsp3) is 0.455. The number of hydrogen-bond donors (Lipinski definition) is 2. The van der Waals surface area contributed by atoms with Gasteiger partial charge in [0.2, 0.25) is 5.91 Å². The van der Waals surface area contributed by atoms with Crippen LogP contribution in [-0.4, -0.2) is 51.3 Å². The predicted octanol–water partition coefficient (Wildman–Crippen LogP) is 2.80. The molecule has 1 aliphatic rings. The van der Waals surface area contributed by atoms with Crippen molar-refractivity contribution < 1.29 is 27.5 Å². The van der Waals surface area contributed by atoms with Crippen molar-refractivity contribution >= 4 is 33.2 Å². The maximum Gasteiger partial charge on any atom is 0.269 e. The van der Waals surface area contributed by atoms with Gasteiger partial charge in [0.05, 0.1) is 19.6 Å². The highest BCUT2D eigenvalue weighted by atomic mass is 32.2. The summed E-state index contributed by atoms with van der Waals surface area (Å²) in [5.41, 5.74) is 5.11. The van der Waals surface area contributed by atoms with E-state index < -0.39 is 27.8 Å². The second kappa shape index (κ2) is 11.5. The predicted molar refractivity (Wildman–Crippen MR) is 125 cm³/mol. The van der Waals surface area contributed by atoms with Gasteiger partial charge >= 0.3 is 0 Å². The molecule has 0 saturated carbocycles.